The number of rotatable bonds is 1. The van der Waals surface area contributed by atoms with Crippen LogP contribution in [-0.4, -0.2) is 6.71 Å². The van der Waals surface area contributed by atoms with Crippen molar-refractivity contribution in [2.75, 3.05) is 0 Å². The Bertz CT molecular complexity index is 1620. The van der Waals surface area contributed by atoms with Gasteiger partial charge < -0.3 is 0 Å². The molecular weight excluding hydrogens is 419 g/mol. The van der Waals surface area contributed by atoms with Gasteiger partial charge in [0.2, 0.25) is 6.71 Å². The highest BCUT2D eigenvalue weighted by molar-refractivity contribution is 6.97. The second-order valence-corrected chi connectivity index (χ2v) is 10.6. The molecule has 2 heterocycles. The molecule has 0 nitrogen and oxygen atoms in total. The summed E-state index contributed by atoms with van der Waals surface area (Å²) in [4.78, 5) is 0. The summed E-state index contributed by atoms with van der Waals surface area (Å²) in [6.07, 6.45) is 3.10. The van der Waals surface area contributed by atoms with E-state index in [1.165, 1.54) is 72.1 Å². The van der Waals surface area contributed by atoms with Gasteiger partial charge in [-0.05, 0) is 87.9 Å². The minimum absolute atomic E-state index is 0.360. The molecule has 0 fully saturated rings. The van der Waals surface area contributed by atoms with Crippen LogP contribution >= 0.6 is 0 Å². The van der Waals surface area contributed by atoms with Gasteiger partial charge in [0.25, 0.3) is 0 Å². The van der Waals surface area contributed by atoms with Crippen LogP contribution < -0.4 is 16.4 Å². The van der Waals surface area contributed by atoms with Crippen LogP contribution in [0.25, 0.3) is 22.3 Å². The van der Waals surface area contributed by atoms with Crippen molar-refractivity contribution in [3.05, 3.63) is 136 Å². The standard InChI is InChI=1S/C34H25B/c1-21-10-11-23-15-24-13-12-22(20-31(24)30(23)14-21)27-18-28-16-25-6-2-4-8-32(25)35-33-9-5-3-7-26(33)17-29(19-27)34(28)35/h2-14,18-20H,15-17H2,1H3. The van der Waals surface area contributed by atoms with E-state index in [2.05, 4.69) is 104 Å². The fourth-order valence-electron chi connectivity index (χ4n) is 6.91. The average Bonchev–Trinajstić information content (AvgIpc) is 3.25. The van der Waals surface area contributed by atoms with Gasteiger partial charge in [0.05, 0.1) is 0 Å². The Hall–Kier alpha value is -3.84. The Morgan fingerprint density at radius 2 is 1.06 bits per heavy atom. The van der Waals surface area contributed by atoms with Crippen LogP contribution in [0.5, 0.6) is 0 Å². The first-order valence-electron chi connectivity index (χ1n) is 12.8. The summed E-state index contributed by atoms with van der Waals surface area (Å²) in [5, 5.41) is 0. The second kappa shape index (κ2) is 7.09. The third-order valence-corrected chi connectivity index (χ3v) is 8.51. The molecule has 0 aromatic heterocycles. The predicted octanol–water partition coefficient (Wildman–Crippen LogP) is 5.56. The monoisotopic (exact) mass is 444 g/mol. The Balaban J connectivity index is 1.32. The van der Waals surface area contributed by atoms with Gasteiger partial charge in [-0.1, -0.05) is 113 Å². The Labute approximate surface area is 207 Å². The summed E-state index contributed by atoms with van der Waals surface area (Å²) in [5.74, 6) is 0. The topological polar surface area (TPSA) is 0 Å². The van der Waals surface area contributed by atoms with E-state index < -0.39 is 0 Å². The van der Waals surface area contributed by atoms with Crippen LogP contribution in [0.15, 0.2) is 97.1 Å². The van der Waals surface area contributed by atoms with Gasteiger partial charge in [-0.2, -0.15) is 0 Å². The van der Waals surface area contributed by atoms with Gasteiger partial charge in [-0.3, -0.25) is 0 Å². The van der Waals surface area contributed by atoms with Gasteiger partial charge in [-0.15, -0.1) is 0 Å². The lowest BCUT2D eigenvalue weighted by Crippen LogP contribution is -2.61. The predicted molar refractivity (Wildman–Crippen MR) is 148 cm³/mol. The number of hydrogen-bond acceptors (Lipinski definition) is 0. The van der Waals surface area contributed by atoms with Crippen LogP contribution in [0.1, 0.15) is 38.9 Å². The third kappa shape index (κ3) is 2.82. The molecule has 164 valence electrons. The van der Waals surface area contributed by atoms with E-state index in [9.17, 15) is 0 Å². The molecule has 0 radical (unpaired) electrons. The molecule has 5 aromatic rings. The first-order chi connectivity index (χ1) is 17.2. The fraction of sp³-hybridized carbons (Fsp3) is 0.118. The number of fused-ring (bicyclic) bond motifs is 7. The van der Waals surface area contributed by atoms with Crippen molar-refractivity contribution in [2.24, 2.45) is 0 Å². The summed E-state index contributed by atoms with van der Waals surface area (Å²) in [6, 6.07) is 37.2. The summed E-state index contributed by atoms with van der Waals surface area (Å²) < 4.78 is 0. The van der Waals surface area contributed by atoms with E-state index in [-0.39, 0.29) is 0 Å². The Morgan fingerprint density at radius 3 is 1.74 bits per heavy atom. The molecule has 0 spiro atoms. The lowest BCUT2D eigenvalue weighted by Gasteiger charge is -2.34. The zero-order chi connectivity index (χ0) is 23.1. The largest absolute Gasteiger partial charge is 0.242 e. The van der Waals surface area contributed by atoms with Crippen molar-refractivity contribution >= 4 is 23.1 Å². The maximum atomic E-state index is 2.49. The van der Waals surface area contributed by atoms with E-state index in [0.717, 1.165) is 19.3 Å². The number of benzene rings is 5. The molecule has 0 N–H and O–H groups in total. The molecule has 0 bridgehead atoms. The van der Waals surface area contributed by atoms with Crippen molar-refractivity contribution < 1.29 is 0 Å². The van der Waals surface area contributed by atoms with Crippen LogP contribution in [0.2, 0.25) is 0 Å². The summed E-state index contributed by atoms with van der Waals surface area (Å²) >= 11 is 0. The van der Waals surface area contributed by atoms with Gasteiger partial charge in [-0.25, -0.2) is 0 Å². The van der Waals surface area contributed by atoms with Crippen molar-refractivity contribution in [3.63, 3.8) is 0 Å². The molecule has 0 saturated heterocycles. The maximum absolute atomic E-state index is 2.49. The second-order valence-electron chi connectivity index (χ2n) is 10.6. The van der Waals surface area contributed by atoms with E-state index in [4.69, 9.17) is 0 Å². The highest BCUT2D eigenvalue weighted by Crippen LogP contribution is 2.40. The highest BCUT2D eigenvalue weighted by Gasteiger charge is 2.36. The minimum atomic E-state index is 0.360. The zero-order valence-corrected chi connectivity index (χ0v) is 19.9. The molecule has 0 saturated carbocycles. The van der Waals surface area contributed by atoms with Crippen LogP contribution in [0, 0.1) is 6.92 Å². The molecule has 8 rings (SSSR count). The third-order valence-electron chi connectivity index (χ3n) is 8.51. The normalized spacial score (nSPS) is 14.0. The first-order valence-corrected chi connectivity index (χ1v) is 12.8. The molecule has 0 unspecified atom stereocenters. The molecule has 35 heavy (non-hydrogen) atoms. The molecule has 5 aromatic carbocycles. The van der Waals surface area contributed by atoms with Crippen LogP contribution in [-0.2, 0) is 19.3 Å². The Morgan fingerprint density at radius 1 is 0.486 bits per heavy atom. The summed E-state index contributed by atoms with van der Waals surface area (Å²) in [6.45, 7) is 2.56. The summed E-state index contributed by atoms with van der Waals surface area (Å²) in [5.41, 5.74) is 20.3. The lowest BCUT2D eigenvalue weighted by molar-refractivity contribution is 1.15. The molecule has 0 amide bonds. The highest BCUT2D eigenvalue weighted by atomic mass is 14.3. The number of hydrogen-bond donors (Lipinski definition) is 0. The number of aryl methyl sites for hydroxylation is 1. The van der Waals surface area contributed by atoms with Crippen molar-refractivity contribution in [1.29, 1.82) is 0 Å². The smallest absolute Gasteiger partial charge is 0.0667 e. The molecular formula is C34H25B. The van der Waals surface area contributed by atoms with Gasteiger partial charge >= 0.3 is 0 Å². The van der Waals surface area contributed by atoms with E-state index >= 15 is 0 Å². The summed E-state index contributed by atoms with van der Waals surface area (Å²) in [7, 11) is 0. The van der Waals surface area contributed by atoms with Gasteiger partial charge in [0, 0.05) is 0 Å². The average molecular weight is 444 g/mol. The Kier molecular flexibility index (Phi) is 3.94. The first kappa shape index (κ1) is 19.5. The fourth-order valence-corrected chi connectivity index (χ4v) is 6.91. The lowest BCUT2D eigenvalue weighted by atomic mass is 9.30. The quantitative estimate of drug-likeness (QED) is 0.291. The SMILES string of the molecule is Cc1ccc2c(c1)-c1cc(-c3cc4c5c(c3)Cc3ccccc3B5c3ccccc3C4)ccc1C2. The molecule has 2 aliphatic heterocycles. The zero-order valence-electron chi connectivity index (χ0n) is 19.9. The van der Waals surface area contributed by atoms with E-state index in [1.807, 2.05) is 0 Å². The van der Waals surface area contributed by atoms with Crippen molar-refractivity contribution in [1.82, 2.24) is 0 Å². The molecule has 0 atom stereocenters. The molecule has 1 aliphatic carbocycles. The van der Waals surface area contributed by atoms with Gasteiger partial charge in [0.15, 0.2) is 0 Å². The van der Waals surface area contributed by atoms with E-state index in [1.54, 1.807) is 5.46 Å². The van der Waals surface area contributed by atoms with Crippen LogP contribution in [0.3, 0.4) is 0 Å². The molecule has 3 aliphatic rings. The minimum Gasteiger partial charge on any atom is -0.0667 e. The van der Waals surface area contributed by atoms with Crippen molar-refractivity contribution in [2.45, 2.75) is 26.2 Å². The van der Waals surface area contributed by atoms with Crippen molar-refractivity contribution in [3.8, 4) is 22.3 Å². The van der Waals surface area contributed by atoms with Crippen LogP contribution in [0.4, 0.5) is 0 Å². The molecule has 1 heteroatoms. The van der Waals surface area contributed by atoms with E-state index in [0.29, 0.717) is 6.71 Å². The van der Waals surface area contributed by atoms with Gasteiger partial charge in [0.1, 0.15) is 0 Å². The maximum Gasteiger partial charge on any atom is 0.242 e.